The minimum absolute atomic E-state index is 0.000621. The molecule has 3 aromatic rings. The first kappa shape index (κ1) is 26.0. The molecule has 0 saturated carbocycles. The fourth-order valence-electron chi connectivity index (χ4n) is 7.01. The van der Waals surface area contributed by atoms with Crippen molar-refractivity contribution in [1.29, 1.82) is 0 Å². The molecule has 0 radical (unpaired) electrons. The van der Waals surface area contributed by atoms with Crippen molar-refractivity contribution in [2.24, 2.45) is 0 Å². The second-order valence-electron chi connectivity index (χ2n) is 11.2. The molecule has 6 rings (SSSR count). The monoisotopic (exact) mass is 549 g/mol. The summed E-state index contributed by atoms with van der Waals surface area (Å²) < 4.78 is 14.8. The number of nitrogens with zero attached hydrogens (tertiary/aromatic N) is 4. The lowest BCUT2D eigenvalue weighted by Crippen LogP contribution is -2.49. The fourth-order valence-corrected chi connectivity index (χ4v) is 7.14. The Hall–Kier alpha value is -3.23. The Morgan fingerprint density at radius 2 is 2.05 bits per heavy atom. The van der Waals surface area contributed by atoms with Crippen LogP contribution in [-0.4, -0.2) is 52.2 Å². The summed E-state index contributed by atoms with van der Waals surface area (Å²) in [6.45, 7) is 4.92. The molecule has 39 heavy (non-hydrogen) atoms. The average Bonchev–Trinajstić information content (AvgIpc) is 3.45. The largest absolute Gasteiger partial charge is 0.465 e. The van der Waals surface area contributed by atoms with Crippen LogP contribution in [0.25, 0.3) is 0 Å². The van der Waals surface area contributed by atoms with Gasteiger partial charge in [0, 0.05) is 53.1 Å². The van der Waals surface area contributed by atoms with E-state index in [9.17, 15) is 14.3 Å². The maximum absolute atomic E-state index is 14.8. The van der Waals surface area contributed by atoms with Crippen molar-refractivity contribution in [3.8, 4) is 0 Å². The van der Waals surface area contributed by atoms with Gasteiger partial charge in [-0.2, -0.15) is 0 Å². The zero-order valence-electron chi connectivity index (χ0n) is 22.0. The topological polar surface area (TPSA) is 81.6 Å². The second kappa shape index (κ2) is 10.4. The van der Waals surface area contributed by atoms with Gasteiger partial charge in [0.05, 0.1) is 0 Å². The Morgan fingerprint density at radius 1 is 1.23 bits per heavy atom. The van der Waals surface area contributed by atoms with Crippen LogP contribution in [0.15, 0.2) is 48.8 Å². The van der Waals surface area contributed by atoms with Crippen molar-refractivity contribution in [2.75, 3.05) is 31.1 Å². The number of carbonyl (C=O) groups is 1. The van der Waals surface area contributed by atoms with Gasteiger partial charge in [0.2, 0.25) is 0 Å². The van der Waals surface area contributed by atoms with Crippen LogP contribution in [0.3, 0.4) is 0 Å². The van der Waals surface area contributed by atoms with Gasteiger partial charge in [0.25, 0.3) is 0 Å². The highest BCUT2D eigenvalue weighted by Crippen LogP contribution is 2.51. The number of aryl methyl sites for hydroxylation is 1. The molecule has 1 spiro atoms. The van der Waals surface area contributed by atoms with Gasteiger partial charge in [-0.15, -0.1) is 0 Å². The van der Waals surface area contributed by atoms with Gasteiger partial charge in [0.1, 0.15) is 18.0 Å². The van der Waals surface area contributed by atoms with E-state index in [1.807, 2.05) is 30.3 Å². The van der Waals surface area contributed by atoms with E-state index in [4.69, 9.17) is 16.6 Å². The molecular weight excluding hydrogens is 517 g/mol. The van der Waals surface area contributed by atoms with Crippen molar-refractivity contribution in [2.45, 2.75) is 56.4 Å². The zero-order valence-corrected chi connectivity index (χ0v) is 22.8. The molecule has 204 valence electrons. The first-order valence-electron chi connectivity index (χ1n) is 13.7. The van der Waals surface area contributed by atoms with E-state index in [0.717, 1.165) is 73.6 Å². The van der Waals surface area contributed by atoms with Crippen molar-refractivity contribution in [3.63, 3.8) is 0 Å². The minimum atomic E-state index is -1.03. The standard InChI is InChI=1S/C30H33ClFN5O2/c1-19-3-9-24-27(19)28(35-18-34-24)37-17-30(23-15-22(32)8-10-26(23)37)12-2-14-36(16-30)25(11-13-33-29(38)39)20-4-6-21(31)7-5-20/h4-8,10,15,18-19,25,33H,2-3,9,11-14,16-17H2,1H3,(H,38,39)/t19-,25-,30-/m1/s1. The van der Waals surface area contributed by atoms with E-state index in [0.29, 0.717) is 23.9 Å². The SMILES string of the molecule is C[C@@H]1CCc2ncnc(N3C[C@]4(CCCN([C@H](CCNC(=O)O)c5ccc(Cl)cc5)C4)c4cc(F)ccc43)c21. The summed E-state index contributed by atoms with van der Waals surface area (Å²) in [6, 6.07) is 13.0. The summed E-state index contributed by atoms with van der Waals surface area (Å²) in [6.07, 6.45) is 5.19. The summed E-state index contributed by atoms with van der Waals surface area (Å²) in [5.41, 5.74) is 5.21. The highest BCUT2D eigenvalue weighted by atomic mass is 35.5. The summed E-state index contributed by atoms with van der Waals surface area (Å²) in [7, 11) is 0. The van der Waals surface area contributed by atoms with Crippen LogP contribution in [0.2, 0.25) is 5.02 Å². The van der Waals surface area contributed by atoms with Crippen LogP contribution < -0.4 is 10.2 Å². The Bertz CT molecular complexity index is 1390. The molecule has 3 atom stereocenters. The van der Waals surface area contributed by atoms with Crippen molar-refractivity contribution in [1.82, 2.24) is 20.2 Å². The van der Waals surface area contributed by atoms with Gasteiger partial charge in [-0.3, -0.25) is 4.90 Å². The predicted molar refractivity (Wildman–Crippen MR) is 149 cm³/mol. The molecule has 1 aromatic heterocycles. The molecule has 0 unspecified atom stereocenters. The molecule has 3 aliphatic rings. The molecule has 2 aliphatic heterocycles. The summed E-state index contributed by atoms with van der Waals surface area (Å²) in [4.78, 5) is 25.3. The Morgan fingerprint density at radius 3 is 2.85 bits per heavy atom. The first-order chi connectivity index (χ1) is 18.8. The molecule has 3 heterocycles. The maximum atomic E-state index is 14.8. The van der Waals surface area contributed by atoms with Crippen molar-refractivity contribution >= 4 is 29.2 Å². The third kappa shape index (κ3) is 4.85. The number of aromatic nitrogens is 2. The van der Waals surface area contributed by atoms with E-state index in [1.54, 1.807) is 18.5 Å². The number of benzene rings is 2. The lowest BCUT2D eigenvalue weighted by Gasteiger charge is -2.44. The molecule has 1 amide bonds. The lowest BCUT2D eigenvalue weighted by atomic mass is 9.75. The van der Waals surface area contributed by atoms with E-state index in [2.05, 4.69) is 27.0 Å². The average molecular weight is 550 g/mol. The number of likely N-dealkylation sites (tertiary alicyclic amines) is 1. The number of rotatable bonds is 6. The van der Waals surface area contributed by atoms with Crippen molar-refractivity contribution in [3.05, 3.63) is 82.0 Å². The molecule has 9 heteroatoms. The fraction of sp³-hybridized carbons (Fsp3) is 0.433. The quantitative estimate of drug-likeness (QED) is 0.381. The van der Waals surface area contributed by atoms with Crippen molar-refractivity contribution < 1.29 is 14.3 Å². The second-order valence-corrected chi connectivity index (χ2v) is 11.6. The smallest absolute Gasteiger partial charge is 0.404 e. The van der Waals surface area contributed by atoms with E-state index < -0.39 is 6.09 Å². The van der Waals surface area contributed by atoms with Gasteiger partial charge >= 0.3 is 6.09 Å². The van der Waals surface area contributed by atoms with Gasteiger partial charge < -0.3 is 15.3 Å². The number of hydrogen-bond acceptors (Lipinski definition) is 5. The Kier molecular flexibility index (Phi) is 6.93. The van der Waals surface area contributed by atoms with E-state index in [-0.39, 0.29) is 17.3 Å². The molecule has 2 N–H and O–H groups in total. The molecule has 1 fully saturated rings. The first-order valence-corrected chi connectivity index (χ1v) is 14.1. The Labute approximate surface area is 233 Å². The number of amides is 1. The van der Waals surface area contributed by atoms with Crippen LogP contribution in [0.1, 0.15) is 67.0 Å². The molecular formula is C30H33ClFN5O2. The summed E-state index contributed by atoms with van der Waals surface area (Å²) >= 11 is 6.19. The molecule has 1 saturated heterocycles. The highest BCUT2D eigenvalue weighted by molar-refractivity contribution is 6.30. The van der Waals surface area contributed by atoms with Crippen LogP contribution in [0.4, 0.5) is 20.7 Å². The zero-order chi connectivity index (χ0) is 27.1. The van der Waals surface area contributed by atoms with Crippen LogP contribution in [0.5, 0.6) is 0 Å². The van der Waals surface area contributed by atoms with Gasteiger partial charge in [-0.1, -0.05) is 30.7 Å². The molecule has 0 bridgehead atoms. The van der Waals surface area contributed by atoms with Gasteiger partial charge in [-0.05, 0) is 86.0 Å². The van der Waals surface area contributed by atoms with Gasteiger partial charge in [-0.25, -0.2) is 19.2 Å². The number of piperidine rings is 1. The number of fused-ring (bicyclic) bond motifs is 3. The van der Waals surface area contributed by atoms with E-state index >= 15 is 0 Å². The lowest BCUT2D eigenvalue weighted by molar-refractivity contribution is 0.102. The third-order valence-corrected chi connectivity index (χ3v) is 9.04. The summed E-state index contributed by atoms with van der Waals surface area (Å²) in [5, 5.41) is 12.4. The number of hydrogen-bond donors (Lipinski definition) is 2. The molecule has 7 nitrogen and oxygen atoms in total. The molecule has 1 aliphatic carbocycles. The molecule has 2 aromatic carbocycles. The predicted octanol–water partition coefficient (Wildman–Crippen LogP) is 6.20. The minimum Gasteiger partial charge on any atom is -0.465 e. The number of halogens is 2. The van der Waals surface area contributed by atoms with Crippen LogP contribution >= 0.6 is 11.6 Å². The normalized spacial score (nSPS) is 23.1. The number of carboxylic acid groups (broad SMARTS) is 1. The van der Waals surface area contributed by atoms with Crippen LogP contribution in [0, 0.1) is 5.82 Å². The number of anilines is 2. The van der Waals surface area contributed by atoms with Crippen LogP contribution in [-0.2, 0) is 11.8 Å². The number of nitrogens with one attached hydrogen (secondary N) is 1. The third-order valence-electron chi connectivity index (χ3n) is 8.79. The maximum Gasteiger partial charge on any atom is 0.404 e. The highest BCUT2D eigenvalue weighted by Gasteiger charge is 2.48. The van der Waals surface area contributed by atoms with E-state index in [1.165, 1.54) is 5.56 Å². The Balaban J connectivity index is 1.37. The summed E-state index contributed by atoms with van der Waals surface area (Å²) in [5.74, 6) is 1.11. The van der Waals surface area contributed by atoms with Gasteiger partial charge in [0.15, 0.2) is 0 Å².